The zero-order valence-corrected chi connectivity index (χ0v) is 12.9. The van der Waals surface area contributed by atoms with Crippen LogP contribution in [0, 0.1) is 17.0 Å². The van der Waals surface area contributed by atoms with Crippen LogP contribution < -0.4 is 4.90 Å². The number of hydrogen-bond donors (Lipinski definition) is 0. The number of nitrogens with zero attached hydrogens (tertiary/aromatic N) is 2. The molecule has 114 valence electrons. The second-order valence-corrected chi connectivity index (χ2v) is 5.95. The van der Waals surface area contributed by atoms with Crippen molar-refractivity contribution in [3.63, 3.8) is 0 Å². The Morgan fingerprint density at radius 2 is 1.86 bits per heavy atom. The average Bonchev–Trinajstić information content (AvgIpc) is 2.54. The number of aryl methyl sites for hydroxylation is 1. The fraction of sp³-hybridized carbons (Fsp3) is 0.333. The molecule has 2 atom stereocenters. The molecule has 1 aliphatic rings. The number of nitro groups is 1. The highest BCUT2D eigenvalue weighted by Gasteiger charge is 2.37. The van der Waals surface area contributed by atoms with Crippen molar-refractivity contribution in [3.8, 4) is 0 Å². The highest BCUT2D eigenvalue weighted by molar-refractivity contribution is 5.53. The Bertz CT molecular complexity index is 682. The molecule has 4 heteroatoms. The molecule has 1 aliphatic heterocycles. The fourth-order valence-electron chi connectivity index (χ4n) is 3.26. The zero-order valence-electron chi connectivity index (χ0n) is 12.9. The summed E-state index contributed by atoms with van der Waals surface area (Å²) in [7, 11) is 0. The Kier molecular flexibility index (Phi) is 3.84. The molecule has 0 saturated carbocycles. The van der Waals surface area contributed by atoms with E-state index in [1.807, 2.05) is 25.1 Å². The predicted molar refractivity (Wildman–Crippen MR) is 87.9 cm³/mol. The van der Waals surface area contributed by atoms with Crippen LogP contribution in [0.15, 0.2) is 48.5 Å². The number of anilines is 1. The highest BCUT2D eigenvalue weighted by atomic mass is 16.6. The molecule has 0 saturated heterocycles. The average molecular weight is 296 g/mol. The lowest BCUT2D eigenvalue weighted by molar-refractivity contribution is -0.522. The van der Waals surface area contributed by atoms with Gasteiger partial charge in [0.1, 0.15) is 6.04 Å². The van der Waals surface area contributed by atoms with E-state index in [-0.39, 0.29) is 11.0 Å². The van der Waals surface area contributed by atoms with Gasteiger partial charge >= 0.3 is 0 Å². The van der Waals surface area contributed by atoms with Crippen molar-refractivity contribution in [1.82, 2.24) is 0 Å². The van der Waals surface area contributed by atoms with Gasteiger partial charge in [0, 0.05) is 24.1 Å². The summed E-state index contributed by atoms with van der Waals surface area (Å²) >= 11 is 0. The van der Waals surface area contributed by atoms with Crippen molar-refractivity contribution in [2.75, 3.05) is 11.4 Å². The number of rotatable bonds is 3. The van der Waals surface area contributed by atoms with E-state index in [1.165, 1.54) is 11.1 Å². The Hall–Kier alpha value is -2.36. The first-order valence-corrected chi connectivity index (χ1v) is 7.62. The molecule has 0 radical (unpaired) electrons. The van der Waals surface area contributed by atoms with Crippen molar-refractivity contribution in [2.45, 2.75) is 32.4 Å². The third kappa shape index (κ3) is 2.56. The maximum Gasteiger partial charge on any atom is 0.234 e. The van der Waals surface area contributed by atoms with Crippen LogP contribution in [0.4, 0.5) is 5.69 Å². The summed E-state index contributed by atoms with van der Waals surface area (Å²) in [4.78, 5) is 13.4. The van der Waals surface area contributed by atoms with E-state index in [0.29, 0.717) is 0 Å². The maximum absolute atomic E-state index is 11.4. The van der Waals surface area contributed by atoms with Crippen LogP contribution in [0.2, 0.25) is 0 Å². The Morgan fingerprint density at radius 1 is 1.18 bits per heavy atom. The standard InChI is InChI=1S/C18H20N2O2/c1-13-7-9-16(10-8-13)19-12-11-15-5-3-4-6-17(15)18(19)14(2)20(21)22/h3-10,14,18H,11-12H2,1-2H3/t14?,18-/m0/s1. The van der Waals surface area contributed by atoms with Gasteiger partial charge in [-0.3, -0.25) is 10.1 Å². The minimum atomic E-state index is -0.650. The Balaban J connectivity index is 2.06. The Labute approximate surface area is 130 Å². The molecular formula is C18H20N2O2. The summed E-state index contributed by atoms with van der Waals surface area (Å²) in [6.45, 7) is 4.56. The third-order valence-electron chi connectivity index (χ3n) is 4.49. The third-order valence-corrected chi connectivity index (χ3v) is 4.49. The molecule has 4 nitrogen and oxygen atoms in total. The molecular weight excluding hydrogens is 276 g/mol. The van der Waals surface area contributed by atoms with Gasteiger partial charge in [0.25, 0.3) is 0 Å². The number of benzene rings is 2. The van der Waals surface area contributed by atoms with Gasteiger partial charge in [-0.05, 0) is 36.6 Å². The van der Waals surface area contributed by atoms with E-state index in [9.17, 15) is 10.1 Å². The van der Waals surface area contributed by atoms with Crippen molar-refractivity contribution in [3.05, 3.63) is 75.3 Å². The lowest BCUT2D eigenvalue weighted by Gasteiger charge is -2.39. The van der Waals surface area contributed by atoms with E-state index in [0.717, 1.165) is 24.2 Å². The summed E-state index contributed by atoms with van der Waals surface area (Å²) in [6.07, 6.45) is 0.922. The van der Waals surface area contributed by atoms with Gasteiger partial charge < -0.3 is 4.90 Å². The monoisotopic (exact) mass is 296 g/mol. The topological polar surface area (TPSA) is 46.4 Å². The van der Waals surface area contributed by atoms with E-state index >= 15 is 0 Å². The van der Waals surface area contributed by atoms with Crippen LogP contribution >= 0.6 is 0 Å². The van der Waals surface area contributed by atoms with Gasteiger partial charge in [-0.1, -0.05) is 42.0 Å². The fourth-order valence-corrected chi connectivity index (χ4v) is 3.26. The summed E-state index contributed by atoms with van der Waals surface area (Å²) in [5.74, 6) is 0. The van der Waals surface area contributed by atoms with Crippen molar-refractivity contribution in [1.29, 1.82) is 0 Å². The van der Waals surface area contributed by atoms with E-state index in [4.69, 9.17) is 0 Å². The summed E-state index contributed by atoms with van der Waals surface area (Å²) in [5.41, 5.74) is 4.56. The first-order valence-electron chi connectivity index (χ1n) is 7.62. The first kappa shape index (κ1) is 14.6. The number of hydrogen-bond acceptors (Lipinski definition) is 3. The van der Waals surface area contributed by atoms with Crippen molar-refractivity contribution >= 4 is 5.69 Å². The SMILES string of the molecule is Cc1ccc(N2CCc3ccccc3[C@@H]2C(C)[N+](=O)[O-])cc1. The summed E-state index contributed by atoms with van der Waals surface area (Å²) < 4.78 is 0. The molecule has 0 aromatic heterocycles. The first-order chi connectivity index (χ1) is 10.6. The minimum absolute atomic E-state index is 0.173. The molecule has 1 unspecified atom stereocenters. The van der Waals surface area contributed by atoms with Gasteiger partial charge in [0.05, 0.1) is 0 Å². The molecule has 0 spiro atoms. The molecule has 0 aliphatic carbocycles. The van der Waals surface area contributed by atoms with Crippen molar-refractivity contribution in [2.24, 2.45) is 0 Å². The lowest BCUT2D eigenvalue weighted by atomic mass is 9.88. The summed E-state index contributed by atoms with van der Waals surface area (Å²) in [6, 6.07) is 15.5. The van der Waals surface area contributed by atoms with E-state index in [1.54, 1.807) is 6.92 Å². The molecule has 2 aromatic carbocycles. The molecule has 2 aromatic rings. The second kappa shape index (κ2) is 5.79. The molecule has 22 heavy (non-hydrogen) atoms. The van der Waals surface area contributed by atoms with Crippen LogP contribution in [0.25, 0.3) is 0 Å². The molecule has 3 rings (SSSR count). The van der Waals surface area contributed by atoms with Gasteiger partial charge in [-0.25, -0.2) is 0 Å². The van der Waals surface area contributed by atoms with Crippen LogP contribution in [-0.4, -0.2) is 17.5 Å². The largest absolute Gasteiger partial charge is 0.358 e. The van der Waals surface area contributed by atoms with Crippen LogP contribution in [0.5, 0.6) is 0 Å². The number of fused-ring (bicyclic) bond motifs is 1. The van der Waals surface area contributed by atoms with Crippen LogP contribution in [0.3, 0.4) is 0 Å². The van der Waals surface area contributed by atoms with Gasteiger partial charge in [0.15, 0.2) is 0 Å². The summed E-state index contributed by atoms with van der Waals surface area (Å²) in [5, 5.41) is 11.4. The van der Waals surface area contributed by atoms with E-state index < -0.39 is 6.04 Å². The smallest absolute Gasteiger partial charge is 0.234 e. The van der Waals surface area contributed by atoms with Gasteiger partial charge in [0.2, 0.25) is 6.04 Å². The van der Waals surface area contributed by atoms with Gasteiger partial charge in [-0.15, -0.1) is 0 Å². The van der Waals surface area contributed by atoms with Crippen LogP contribution in [-0.2, 0) is 6.42 Å². The highest BCUT2D eigenvalue weighted by Crippen LogP contribution is 2.36. The quantitative estimate of drug-likeness (QED) is 0.640. The van der Waals surface area contributed by atoms with E-state index in [2.05, 4.69) is 35.2 Å². The van der Waals surface area contributed by atoms with Crippen LogP contribution in [0.1, 0.15) is 29.7 Å². The zero-order chi connectivity index (χ0) is 15.7. The normalized spacial score (nSPS) is 18.6. The minimum Gasteiger partial charge on any atom is -0.358 e. The molecule has 0 N–H and O–H groups in total. The predicted octanol–water partition coefficient (Wildman–Crippen LogP) is 3.76. The Morgan fingerprint density at radius 3 is 2.55 bits per heavy atom. The molecule has 0 fully saturated rings. The maximum atomic E-state index is 11.4. The molecule has 1 heterocycles. The molecule has 0 amide bonds. The van der Waals surface area contributed by atoms with Gasteiger partial charge in [-0.2, -0.15) is 0 Å². The molecule has 0 bridgehead atoms. The second-order valence-electron chi connectivity index (χ2n) is 5.95. The lowest BCUT2D eigenvalue weighted by Crippen LogP contribution is -2.43. The van der Waals surface area contributed by atoms with Crippen molar-refractivity contribution < 1.29 is 4.92 Å².